The van der Waals surface area contributed by atoms with Crippen LogP contribution in [0.25, 0.3) is 10.8 Å². The number of aryl methyl sites for hydroxylation is 1. The average Bonchev–Trinajstić information content (AvgIpc) is 2.69. The molecule has 0 aromatic heterocycles. The number of benzene rings is 2. The van der Waals surface area contributed by atoms with Crippen molar-refractivity contribution in [2.24, 2.45) is 5.92 Å². The van der Waals surface area contributed by atoms with E-state index < -0.39 is 30.9 Å². The van der Waals surface area contributed by atoms with Crippen molar-refractivity contribution in [2.45, 2.75) is 57.5 Å². The highest BCUT2D eigenvalue weighted by Gasteiger charge is 2.40. The zero-order valence-electron chi connectivity index (χ0n) is 17.4. The maximum absolute atomic E-state index is 13.2. The molecule has 3 atom stereocenters. The Balaban J connectivity index is 2.13. The highest BCUT2D eigenvalue weighted by Crippen LogP contribution is 2.53. The minimum absolute atomic E-state index is 0.0292. The second kappa shape index (κ2) is 11.3. The maximum Gasteiger partial charge on any atom is 0.307 e. The van der Waals surface area contributed by atoms with Crippen LogP contribution in [0.15, 0.2) is 42.5 Å². The summed E-state index contributed by atoms with van der Waals surface area (Å²) in [5.74, 6) is -3.42. The highest BCUT2D eigenvalue weighted by molar-refractivity contribution is 7.58. The van der Waals surface area contributed by atoms with E-state index in [1.807, 2.05) is 49.4 Å². The molecule has 2 aromatic carbocycles. The number of carbonyl (C=O) groups is 2. The molecule has 30 heavy (non-hydrogen) atoms. The van der Waals surface area contributed by atoms with Crippen LogP contribution in [0.2, 0.25) is 0 Å². The Kier molecular flexibility index (Phi) is 9.07. The fourth-order valence-electron chi connectivity index (χ4n) is 4.03. The lowest BCUT2D eigenvalue weighted by atomic mass is 9.95. The second-order valence-corrected chi connectivity index (χ2v) is 10.4. The van der Waals surface area contributed by atoms with Crippen LogP contribution in [0.1, 0.15) is 51.0 Å². The van der Waals surface area contributed by atoms with E-state index in [4.69, 9.17) is 5.11 Å². The first-order valence-electron chi connectivity index (χ1n) is 10.5. The van der Waals surface area contributed by atoms with Crippen LogP contribution in [0.4, 0.5) is 0 Å². The molecule has 0 aliphatic carbocycles. The summed E-state index contributed by atoms with van der Waals surface area (Å²) in [6.07, 6.45) is 2.39. The van der Waals surface area contributed by atoms with Gasteiger partial charge in [-0.2, -0.15) is 0 Å². The highest BCUT2D eigenvalue weighted by atomic mass is 31.2. The number of carboxylic acid groups (broad SMARTS) is 2. The fraction of sp³-hybridized carbons (Fsp3) is 0.478. The lowest BCUT2D eigenvalue weighted by molar-refractivity contribution is -0.143. The van der Waals surface area contributed by atoms with Crippen LogP contribution in [-0.2, 0) is 20.6 Å². The first-order valence-corrected chi connectivity index (χ1v) is 12.4. The quantitative estimate of drug-likeness (QED) is 0.375. The number of carboxylic acids is 2. The molecule has 3 unspecified atom stereocenters. The van der Waals surface area contributed by atoms with Gasteiger partial charge in [0.25, 0.3) is 0 Å². The van der Waals surface area contributed by atoms with Crippen molar-refractivity contribution in [3.8, 4) is 0 Å². The van der Waals surface area contributed by atoms with Gasteiger partial charge in [0.1, 0.15) is 0 Å². The van der Waals surface area contributed by atoms with Gasteiger partial charge in [-0.3, -0.25) is 14.2 Å². The smallest absolute Gasteiger partial charge is 0.307 e. The van der Waals surface area contributed by atoms with Gasteiger partial charge in [0, 0.05) is 18.2 Å². The number of rotatable bonds is 13. The van der Waals surface area contributed by atoms with Crippen LogP contribution in [0.5, 0.6) is 0 Å². The van der Waals surface area contributed by atoms with Crippen molar-refractivity contribution in [1.82, 2.24) is 0 Å². The molecule has 7 heteroatoms. The summed E-state index contributed by atoms with van der Waals surface area (Å²) in [4.78, 5) is 33.5. The van der Waals surface area contributed by atoms with Crippen molar-refractivity contribution in [3.63, 3.8) is 0 Å². The second-order valence-electron chi connectivity index (χ2n) is 7.81. The van der Waals surface area contributed by atoms with Crippen molar-refractivity contribution in [2.75, 3.05) is 6.16 Å². The SMILES string of the molecule is CCCCC(C(CCC(=O)O)C(=O)O)P(=O)(O)CCCc1cccc2ccccc12. The van der Waals surface area contributed by atoms with Gasteiger partial charge in [-0.15, -0.1) is 0 Å². The third-order valence-corrected chi connectivity index (χ3v) is 8.24. The largest absolute Gasteiger partial charge is 0.481 e. The molecule has 2 rings (SSSR count). The Morgan fingerprint density at radius 2 is 1.70 bits per heavy atom. The predicted molar refractivity (Wildman–Crippen MR) is 118 cm³/mol. The summed E-state index contributed by atoms with van der Waals surface area (Å²) in [5.41, 5.74) is 0.181. The van der Waals surface area contributed by atoms with E-state index in [9.17, 15) is 24.2 Å². The minimum atomic E-state index is -3.77. The summed E-state index contributed by atoms with van der Waals surface area (Å²) in [5, 5.41) is 20.8. The van der Waals surface area contributed by atoms with Crippen molar-refractivity contribution in [3.05, 3.63) is 48.0 Å². The molecule has 0 saturated carbocycles. The molecule has 6 nitrogen and oxygen atoms in total. The van der Waals surface area contributed by atoms with E-state index in [1.54, 1.807) is 0 Å². The van der Waals surface area contributed by atoms with Crippen LogP contribution >= 0.6 is 7.37 Å². The summed E-state index contributed by atoms with van der Waals surface area (Å²) in [6, 6.07) is 14.0. The summed E-state index contributed by atoms with van der Waals surface area (Å²) in [7, 11) is -3.77. The van der Waals surface area contributed by atoms with E-state index in [-0.39, 0.29) is 19.0 Å². The lowest BCUT2D eigenvalue weighted by Crippen LogP contribution is -2.30. The molecular formula is C23H31O6P. The molecule has 3 N–H and O–H groups in total. The van der Waals surface area contributed by atoms with E-state index >= 15 is 0 Å². The van der Waals surface area contributed by atoms with Gasteiger partial charge < -0.3 is 15.1 Å². The first kappa shape index (κ1) is 24.1. The summed E-state index contributed by atoms with van der Waals surface area (Å²) >= 11 is 0. The third kappa shape index (κ3) is 6.68. The number of hydrogen-bond donors (Lipinski definition) is 3. The van der Waals surface area contributed by atoms with Gasteiger partial charge in [-0.05, 0) is 42.0 Å². The maximum atomic E-state index is 13.2. The van der Waals surface area contributed by atoms with E-state index in [2.05, 4.69) is 0 Å². The molecule has 0 saturated heterocycles. The zero-order chi connectivity index (χ0) is 22.1. The van der Waals surface area contributed by atoms with Gasteiger partial charge >= 0.3 is 11.9 Å². The topological polar surface area (TPSA) is 112 Å². The average molecular weight is 434 g/mol. The molecule has 164 valence electrons. The lowest BCUT2D eigenvalue weighted by Gasteiger charge is -2.28. The van der Waals surface area contributed by atoms with Crippen molar-refractivity contribution < 1.29 is 29.3 Å². The van der Waals surface area contributed by atoms with Gasteiger partial charge in [0.05, 0.1) is 5.92 Å². The van der Waals surface area contributed by atoms with Gasteiger partial charge in [0.2, 0.25) is 7.37 Å². The molecule has 0 radical (unpaired) electrons. The van der Waals surface area contributed by atoms with Crippen LogP contribution in [-0.4, -0.2) is 38.9 Å². The normalized spacial score (nSPS) is 15.4. The van der Waals surface area contributed by atoms with Crippen molar-refractivity contribution >= 4 is 30.1 Å². The van der Waals surface area contributed by atoms with Crippen LogP contribution in [0.3, 0.4) is 0 Å². The van der Waals surface area contributed by atoms with Crippen LogP contribution in [0, 0.1) is 5.92 Å². The Hall–Kier alpha value is -2.17. The zero-order valence-corrected chi connectivity index (χ0v) is 18.3. The molecule has 0 bridgehead atoms. The molecule has 0 aliphatic rings. The van der Waals surface area contributed by atoms with E-state index in [0.29, 0.717) is 25.7 Å². The molecule has 2 aromatic rings. The number of hydrogen-bond acceptors (Lipinski definition) is 3. The summed E-state index contributed by atoms with van der Waals surface area (Å²) < 4.78 is 13.2. The number of fused-ring (bicyclic) bond motifs is 1. The Bertz CT molecular complexity index is 904. The van der Waals surface area contributed by atoms with Gasteiger partial charge in [-0.25, -0.2) is 0 Å². The van der Waals surface area contributed by atoms with E-state index in [0.717, 1.165) is 22.8 Å². The third-order valence-electron chi connectivity index (χ3n) is 5.63. The number of aliphatic carboxylic acids is 2. The molecule has 0 fully saturated rings. The molecule has 0 aliphatic heterocycles. The first-order chi connectivity index (χ1) is 14.3. The van der Waals surface area contributed by atoms with E-state index in [1.165, 1.54) is 0 Å². The van der Waals surface area contributed by atoms with Gasteiger partial charge in [0.15, 0.2) is 0 Å². The fourth-order valence-corrected chi connectivity index (χ4v) is 6.40. The molecule has 0 amide bonds. The minimum Gasteiger partial charge on any atom is -0.481 e. The number of unbranched alkanes of at least 4 members (excludes halogenated alkanes) is 1. The Morgan fingerprint density at radius 1 is 1.00 bits per heavy atom. The van der Waals surface area contributed by atoms with Crippen molar-refractivity contribution in [1.29, 1.82) is 0 Å². The molecule has 0 spiro atoms. The summed E-state index contributed by atoms with van der Waals surface area (Å²) in [6.45, 7) is 1.94. The Labute approximate surface area is 177 Å². The molecule has 0 heterocycles. The standard InChI is InChI=1S/C23H31O6P/c1-2-3-13-21(20(23(26)27)14-15-22(24)25)30(28,29)16-7-11-18-10-6-9-17-8-4-5-12-19(17)18/h4-6,8-10,12,20-21H,2-3,7,11,13-16H2,1H3,(H,24,25)(H,26,27)(H,28,29). The Morgan fingerprint density at radius 3 is 2.37 bits per heavy atom. The van der Waals surface area contributed by atoms with Gasteiger partial charge in [-0.1, -0.05) is 62.2 Å². The molecular weight excluding hydrogens is 403 g/mol. The predicted octanol–water partition coefficient (Wildman–Crippen LogP) is 5.17. The van der Waals surface area contributed by atoms with Crippen LogP contribution < -0.4 is 0 Å². The monoisotopic (exact) mass is 434 g/mol.